The second kappa shape index (κ2) is 5.59. The molecular formula is C13H16BrClN2O. The smallest absolute Gasteiger partial charge is 0.255 e. The molecule has 0 bridgehead atoms. The Morgan fingerprint density at radius 1 is 1.56 bits per heavy atom. The quantitative estimate of drug-likeness (QED) is 0.860. The third kappa shape index (κ3) is 2.87. The van der Waals surface area contributed by atoms with Crippen molar-refractivity contribution < 1.29 is 4.79 Å². The van der Waals surface area contributed by atoms with Crippen molar-refractivity contribution in [1.29, 1.82) is 0 Å². The van der Waals surface area contributed by atoms with Gasteiger partial charge in [-0.3, -0.25) is 4.79 Å². The number of rotatable bonds is 1. The fourth-order valence-electron chi connectivity index (χ4n) is 2.18. The number of nitrogens with two attached hydrogens (primary N) is 1. The van der Waals surface area contributed by atoms with Crippen LogP contribution in [0, 0.1) is 5.92 Å². The van der Waals surface area contributed by atoms with Crippen molar-refractivity contribution in [3.05, 3.63) is 33.3 Å². The molecule has 0 radical (unpaired) electrons. The van der Waals surface area contributed by atoms with Crippen molar-refractivity contribution in [3.8, 4) is 0 Å². The third-order valence-electron chi connectivity index (χ3n) is 3.42. The molecule has 3 nitrogen and oxygen atoms in total. The first-order valence-corrected chi connectivity index (χ1v) is 7.16. The molecule has 2 N–H and O–H groups in total. The summed E-state index contributed by atoms with van der Waals surface area (Å²) in [6.07, 6.45) is 0.848. The summed E-state index contributed by atoms with van der Waals surface area (Å²) in [7, 11) is 0. The maximum absolute atomic E-state index is 12.4. The maximum Gasteiger partial charge on any atom is 0.255 e. The number of nitrogens with zero attached hydrogens (tertiary/aromatic N) is 1. The first-order chi connectivity index (χ1) is 8.49. The number of carbonyl (C=O) groups excluding carboxylic acids is 1. The molecule has 1 aromatic rings. The lowest BCUT2D eigenvalue weighted by atomic mass is 9.94. The minimum atomic E-state index is -0.00810. The van der Waals surface area contributed by atoms with Gasteiger partial charge in [-0.15, -0.1) is 0 Å². The van der Waals surface area contributed by atoms with E-state index in [0.29, 0.717) is 29.6 Å². The molecule has 1 aromatic carbocycles. The molecule has 1 saturated heterocycles. The Morgan fingerprint density at radius 3 is 2.89 bits per heavy atom. The molecule has 2 rings (SSSR count). The van der Waals surface area contributed by atoms with E-state index >= 15 is 0 Å². The van der Waals surface area contributed by atoms with Gasteiger partial charge >= 0.3 is 0 Å². The number of hydrogen-bond donors (Lipinski definition) is 1. The van der Waals surface area contributed by atoms with Gasteiger partial charge in [0.25, 0.3) is 5.91 Å². The van der Waals surface area contributed by atoms with Crippen LogP contribution < -0.4 is 5.73 Å². The molecule has 98 valence electrons. The number of carbonyl (C=O) groups is 1. The molecular weight excluding hydrogens is 316 g/mol. The SMILES string of the molecule is CC1CN(C(=O)c2ccc(Br)cc2Cl)CCC1N. The predicted molar refractivity (Wildman–Crippen MR) is 76.8 cm³/mol. The average Bonchev–Trinajstić information content (AvgIpc) is 2.32. The van der Waals surface area contributed by atoms with Gasteiger partial charge in [0.2, 0.25) is 0 Å². The van der Waals surface area contributed by atoms with Crippen LogP contribution in [0.5, 0.6) is 0 Å². The van der Waals surface area contributed by atoms with Crippen molar-refractivity contribution in [2.75, 3.05) is 13.1 Å². The summed E-state index contributed by atoms with van der Waals surface area (Å²) in [6.45, 7) is 3.48. The fraction of sp³-hybridized carbons (Fsp3) is 0.462. The van der Waals surface area contributed by atoms with Crippen LogP contribution in [0.1, 0.15) is 23.7 Å². The molecule has 5 heteroatoms. The molecule has 1 aliphatic heterocycles. The average molecular weight is 332 g/mol. The van der Waals surface area contributed by atoms with E-state index in [1.165, 1.54) is 0 Å². The lowest BCUT2D eigenvalue weighted by Crippen LogP contribution is -2.48. The van der Waals surface area contributed by atoms with E-state index in [4.69, 9.17) is 17.3 Å². The number of halogens is 2. The summed E-state index contributed by atoms with van der Waals surface area (Å²) in [4.78, 5) is 14.2. The second-order valence-electron chi connectivity index (χ2n) is 4.81. The molecule has 0 aromatic heterocycles. The van der Waals surface area contributed by atoms with Crippen LogP contribution in [0.3, 0.4) is 0 Å². The second-order valence-corrected chi connectivity index (χ2v) is 6.13. The zero-order valence-corrected chi connectivity index (χ0v) is 12.5. The normalized spacial score (nSPS) is 24.1. The highest BCUT2D eigenvalue weighted by Gasteiger charge is 2.27. The van der Waals surface area contributed by atoms with Crippen molar-refractivity contribution in [2.24, 2.45) is 11.7 Å². The van der Waals surface area contributed by atoms with E-state index in [1.807, 2.05) is 11.0 Å². The van der Waals surface area contributed by atoms with Crippen LogP contribution in [0.25, 0.3) is 0 Å². The number of amides is 1. The van der Waals surface area contributed by atoms with Gasteiger partial charge in [0.05, 0.1) is 10.6 Å². The summed E-state index contributed by atoms with van der Waals surface area (Å²) in [5.74, 6) is 0.322. The van der Waals surface area contributed by atoms with Crippen LogP contribution in [0.2, 0.25) is 5.02 Å². The topological polar surface area (TPSA) is 46.3 Å². The Balaban J connectivity index is 2.16. The van der Waals surface area contributed by atoms with Gasteiger partial charge in [-0.05, 0) is 30.5 Å². The minimum absolute atomic E-state index is 0.00810. The van der Waals surface area contributed by atoms with Crippen LogP contribution >= 0.6 is 27.5 Å². The maximum atomic E-state index is 12.4. The summed E-state index contributed by atoms with van der Waals surface area (Å²) < 4.78 is 0.873. The molecule has 0 aliphatic carbocycles. The van der Waals surface area contributed by atoms with Crippen LogP contribution in [0.4, 0.5) is 0 Å². The number of hydrogen-bond acceptors (Lipinski definition) is 2. The first kappa shape index (κ1) is 13.8. The van der Waals surface area contributed by atoms with Crippen molar-refractivity contribution in [1.82, 2.24) is 4.90 Å². The molecule has 2 atom stereocenters. The van der Waals surface area contributed by atoms with Crippen molar-refractivity contribution >= 4 is 33.4 Å². The van der Waals surface area contributed by atoms with Gasteiger partial charge in [-0.2, -0.15) is 0 Å². The van der Waals surface area contributed by atoms with Gasteiger partial charge in [0, 0.05) is 23.6 Å². The van der Waals surface area contributed by atoms with E-state index < -0.39 is 0 Å². The van der Waals surface area contributed by atoms with E-state index in [2.05, 4.69) is 22.9 Å². The van der Waals surface area contributed by atoms with Crippen LogP contribution in [0.15, 0.2) is 22.7 Å². The Morgan fingerprint density at radius 2 is 2.28 bits per heavy atom. The number of likely N-dealkylation sites (tertiary alicyclic amines) is 1. The molecule has 1 heterocycles. The Kier molecular flexibility index (Phi) is 4.30. The fourth-order valence-corrected chi connectivity index (χ4v) is 2.94. The lowest BCUT2D eigenvalue weighted by molar-refractivity contribution is 0.0664. The largest absolute Gasteiger partial charge is 0.338 e. The Hall–Kier alpha value is -0.580. The molecule has 0 spiro atoms. The lowest BCUT2D eigenvalue weighted by Gasteiger charge is -2.35. The first-order valence-electron chi connectivity index (χ1n) is 5.99. The summed E-state index contributed by atoms with van der Waals surface area (Å²) >= 11 is 9.44. The predicted octanol–water partition coefficient (Wildman–Crippen LogP) is 2.91. The van der Waals surface area contributed by atoms with E-state index in [0.717, 1.165) is 10.9 Å². The highest BCUT2D eigenvalue weighted by Crippen LogP contribution is 2.24. The molecule has 1 fully saturated rings. The minimum Gasteiger partial charge on any atom is -0.338 e. The van der Waals surface area contributed by atoms with Crippen molar-refractivity contribution in [2.45, 2.75) is 19.4 Å². The zero-order valence-electron chi connectivity index (χ0n) is 10.2. The Bertz CT molecular complexity index is 466. The number of piperidine rings is 1. The number of benzene rings is 1. The van der Waals surface area contributed by atoms with E-state index in [1.54, 1.807) is 12.1 Å². The molecule has 1 amide bonds. The summed E-state index contributed by atoms with van der Waals surface area (Å²) in [5, 5.41) is 0.483. The van der Waals surface area contributed by atoms with Crippen molar-refractivity contribution in [3.63, 3.8) is 0 Å². The summed E-state index contributed by atoms with van der Waals surface area (Å²) in [5.41, 5.74) is 6.52. The molecule has 1 aliphatic rings. The molecule has 0 saturated carbocycles. The highest BCUT2D eigenvalue weighted by molar-refractivity contribution is 9.10. The van der Waals surface area contributed by atoms with Gasteiger partial charge < -0.3 is 10.6 Å². The molecule has 18 heavy (non-hydrogen) atoms. The van der Waals surface area contributed by atoms with Gasteiger partial charge in [0.1, 0.15) is 0 Å². The monoisotopic (exact) mass is 330 g/mol. The van der Waals surface area contributed by atoms with E-state index in [9.17, 15) is 4.79 Å². The standard InChI is InChI=1S/C13H16BrClN2O/c1-8-7-17(5-4-12(8)16)13(18)10-3-2-9(14)6-11(10)15/h2-3,6,8,12H,4-5,7,16H2,1H3. The van der Waals surface area contributed by atoms with Crippen LogP contribution in [-0.4, -0.2) is 29.9 Å². The van der Waals surface area contributed by atoms with Gasteiger partial charge in [-0.1, -0.05) is 34.5 Å². The highest BCUT2D eigenvalue weighted by atomic mass is 79.9. The van der Waals surface area contributed by atoms with Gasteiger partial charge in [-0.25, -0.2) is 0 Å². The Labute approximate surface area is 120 Å². The van der Waals surface area contributed by atoms with Crippen LogP contribution in [-0.2, 0) is 0 Å². The molecule has 2 unspecified atom stereocenters. The van der Waals surface area contributed by atoms with E-state index in [-0.39, 0.29) is 11.9 Å². The zero-order chi connectivity index (χ0) is 13.3. The van der Waals surface area contributed by atoms with Gasteiger partial charge in [0.15, 0.2) is 0 Å². The summed E-state index contributed by atoms with van der Waals surface area (Å²) in [6, 6.07) is 5.52. The third-order valence-corrected chi connectivity index (χ3v) is 4.23.